The maximum atomic E-state index is 13.2. The molecule has 0 aliphatic heterocycles. The molecular weight excluding hydrogens is 394 g/mol. The van der Waals surface area contributed by atoms with Crippen LogP contribution in [0.5, 0.6) is 0 Å². The summed E-state index contributed by atoms with van der Waals surface area (Å²) >= 11 is 0. The second kappa shape index (κ2) is 8.00. The van der Waals surface area contributed by atoms with Crippen LogP contribution in [0.15, 0.2) is 48.5 Å². The van der Waals surface area contributed by atoms with Gasteiger partial charge in [0.1, 0.15) is 6.61 Å². The molecule has 0 bridgehead atoms. The average molecular weight is 424 g/mol. The van der Waals surface area contributed by atoms with Gasteiger partial charge in [0.25, 0.3) is 0 Å². The summed E-state index contributed by atoms with van der Waals surface area (Å²) in [6, 6.07) is 16.2. The van der Waals surface area contributed by atoms with E-state index in [0.29, 0.717) is 12.8 Å². The zero-order valence-corrected chi connectivity index (χ0v) is 18.3. The molecule has 1 fully saturated rings. The van der Waals surface area contributed by atoms with Crippen molar-refractivity contribution in [3.63, 3.8) is 0 Å². The Balaban J connectivity index is 1.59. The Labute approximate surface area is 182 Å². The van der Waals surface area contributed by atoms with Crippen molar-refractivity contribution in [1.82, 2.24) is 5.06 Å². The molecule has 31 heavy (non-hydrogen) atoms. The molecule has 164 valence electrons. The molecule has 0 saturated heterocycles. The summed E-state index contributed by atoms with van der Waals surface area (Å²) in [7, 11) is 0. The fourth-order valence-electron chi connectivity index (χ4n) is 4.69. The Bertz CT molecular complexity index is 942. The van der Waals surface area contributed by atoms with Crippen LogP contribution in [0.4, 0.5) is 4.79 Å². The first-order valence-corrected chi connectivity index (χ1v) is 10.8. The van der Waals surface area contributed by atoms with Crippen LogP contribution in [0.3, 0.4) is 0 Å². The lowest BCUT2D eigenvalue weighted by molar-refractivity contribution is -0.253. The molecule has 2 aromatic carbocycles. The number of rotatable bonds is 5. The molecule has 0 heterocycles. The first kappa shape index (κ1) is 21.4. The van der Waals surface area contributed by atoms with Gasteiger partial charge in [-0.25, -0.2) is 9.59 Å². The maximum Gasteiger partial charge on any atom is 0.435 e. The summed E-state index contributed by atoms with van der Waals surface area (Å²) in [5, 5.41) is 11.0. The van der Waals surface area contributed by atoms with Crippen molar-refractivity contribution >= 4 is 12.1 Å². The summed E-state index contributed by atoms with van der Waals surface area (Å²) in [6.45, 7) is 5.50. The molecule has 0 spiro atoms. The Morgan fingerprint density at radius 3 is 2.00 bits per heavy atom. The fraction of sp³-hybridized carbons (Fsp3) is 0.440. The first-order chi connectivity index (χ1) is 14.7. The highest BCUT2D eigenvalue weighted by Gasteiger charge is 2.52. The van der Waals surface area contributed by atoms with Gasteiger partial charge in [-0.2, -0.15) is 5.06 Å². The van der Waals surface area contributed by atoms with Gasteiger partial charge in [-0.1, -0.05) is 61.4 Å². The lowest BCUT2D eigenvalue weighted by Crippen LogP contribution is -2.57. The van der Waals surface area contributed by atoms with E-state index in [-0.39, 0.29) is 12.5 Å². The zero-order chi connectivity index (χ0) is 22.2. The number of nitrogens with zero attached hydrogens (tertiary/aromatic N) is 1. The molecule has 1 amide bonds. The van der Waals surface area contributed by atoms with Gasteiger partial charge in [0.2, 0.25) is 0 Å². The third-order valence-electron chi connectivity index (χ3n) is 6.08. The molecule has 0 atom stereocenters. The highest BCUT2D eigenvalue weighted by Crippen LogP contribution is 2.45. The number of ether oxygens (including phenoxy) is 1. The largest absolute Gasteiger partial charge is 0.479 e. The second-order valence-corrected chi connectivity index (χ2v) is 9.35. The molecule has 2 aromatic rings. The maximum absolute atomic E-state index is 13.2. The third kappa shape index (κ3) is 3.92. The molecule has 0 unspecified atom stereocenters. The fourth-order valence-corrected chi connectivity index (χ4v) is 4.69. The Morgan fingerprint density at radius 1 is 1.00 bits per heavy atom. The number of carboxylic acid groups (broad SMARTS) is 1. The highest BCUT2D eigenvalue weighted by atomic mass is 16.7. The Morgan fingerprint density at radius 2 is 1.52 bits per heavy atom. The first-order valence-electron chi connectivity index (χ1n) is 10.8. The van der Waals surface area contributed by atoms with Crippen LogP contribution in [0.2, 0.25) is 0 Å². The van der Waals surface area contributed by atoms with E-state index in [0.717, 1.165) is 40.2 Å². The van der Waals surface area contributed by atoms with Crippen molar-refractivity contribution < 1.29 is 24.3 Å². The van der Waals surface area contributed by atoms with Gasteiger partial charge in [0.15, 0.2) is 5.54 Å². The molecular formula is C25H29NO5. The van der Waals surface area contributed by atoms with Crippen LogP contribution in [-0.4, -0.2) is 40.0 Å². The predicted octanol–water partition coefficient (Wildman–Crippen LogP) is 5.37. The van der Waals surface area contributed by atoms with E-state index in [4.69, 9.17) is 9.57 Å². The van der Waals surface area contributed by atoms with Gasteiger partial charge in [0.05, 0.1) is 5.60 Å². The Hall–Kier alpha value is -2.86. The molecule has 2 aliphatic carbocycles. The number of hydrogen-bond donors (Lipinski definition) is 1. The molecule has 1 N–H and O–H groups in total. The SMILES string of the molecule is CC(C)(C)ON(C(=O)OCC1c2ccccc2-c2ccccc21)C1(C(=O)O)CCCC1. The summed E-state index contributed by atoms with van der Waals surface area (Å²) in [5.41, 5.74) is 2.36. The molecule has 6 nitrogen and oxygen atoms in total. The van der Waals surface area contributed by atoms with E-state index in [9.17, 15) is 14.7 Å². The Kier molecular flexibility index (Phi) is 5.52. The summed E-state index contributed by atoms with van der Waals surface area (Å²) in [4.78, 5) is 31.3. The number of amides is 1. The van der Waals surface area contributed by atoms with Crippen molar-refractivity contribution in [2.45, 2.75) is 63.5 Å². The number of fused-ring (bicyclic) bond motifs is 3. The smallest absolute Gasteiger partial charge is 0.435 e. The van der Waals surface area contributed by atoms with E-state index >= 15 is 0 Å². The number of carboxylic acids is 1. The predicted molar refractivity (Wildman–Crippen MR) is 117 cm³/mol. The minimum atomic E-state index is -1.39. The second-order valence-electron chi connectivity index (χ2n) is 9.35. The van der Waals surface area contributed by atoms with Crippen molar-refractivity contribution in [2.75, 3.05) is 6.61 Å². The zero-order valence-electron chi connectivity index (χ0n) is 18.3. The van der Waals surface area contributed by atoms with Crippen molar-refractivity contribution in [3.8, 4) is 11.1 Å². The van der Waals surface area contributed by atoms with Crippen LogP contribution in [-0.2, 0) is 14.4 Å². The van der Waals surface area contributed by atoms with E-state index in [1.165, 1.54) is 0 Å². The topological polar surface area (TPSA) is 76.1 Å². The number of hydroxylamine groups is 2. The van der Waals surface area contributed by atoms with E-state index in [1.807, 2.05) is 36.4 Å². The van der Waals surface area contributed by atoms with E-state index < -0.39 is 23.2 Å². The van der Waals surface area contributed by atoms with E-state index in [1.54, 1.807) is 20.8 Å². The summed E-state index contributed by atoms with van der Waals surface area (Å²) in [6.07, 6.45) is 1.41. The average Bonchev–Trinajstić information content (AvgIpc) is 3.34. The molecule has 0 radical (unpaired) electrons. The van der Waals surface area contributed by atoms with Gasteiger partial charge >= 0.3 is 12.1 Å². The summed E-state index contributed by atoms with van der Waals surface area (Å²) < 4.78 is 5.73. The lowest BCUT2D eigenvalue weighted by atomic mass is 9.97. The molecule has 4 rings (SSSR count). The van der Waals surface area contributed by atoms with E-state index in [2.05, 4.69) is 12.1 Å². The van der Waals surface area contributed by atoms with Crippen LogP contribution in [0.1, 0.15) is 63.5 Å². The standard InChI is InChI=1S/C25H29NO5/c1-24(2,3)31-26(25(22(27)28)14-8-9-15-25)23(29)30-16-21-19-12-6-4-10-17(19)18-11-5-7-13-20(18)21/h4-7,10-13,21H,8-9,14-16H2,1-3H3,(H,27,28). The number of benzene rings is 2. The van der Waals surface area contributed by atoms with Crippen molar-refractivity contribution in [2.24, 2.45) is 0 Å². The van der Waals surface area contributed by atoms with Crippen LogP contribution >= 0.6 is 0 Å². The minimum absolute atomic E-state index is 0.0998. The highest BCUT2D eigenvalue weighted by molar-refractivity contribution is 5.84. The summed E-state index contributed by atoms with van der Waals surface area (Å²) in [5.74, 6) is -1.15. The number of carbonyl (C=O) groups is 2. The normalized spacial score (nSPS) is 17.1. The molecule has 0 aromatic heterocycles. The van der Waals surface area contributed by atoms with Gasteiger partial charge in [-0.3, -0.25) is 4.84 Å². The third-order valence-corrected chi connectivity index (χ3v) is 6.08. The number of aliphatic carboxylic acids is 1. The van der Waals surface area contributed by atoms with Crippen LogP contribution in [0, 0.1) is 0 Å². The quantitative estimate of drug-likeness (QED) is 0.655. The molecule has 1 saturated carbocycles. The van der Waals surface area contributed by atoms with Crippen molar-refractivity contribution in [1.29, 1.82) is 0 Å². The minimum Gasteiger partial charge on any atom is -0.479 e. The van der Waals surface area contributed by atoms with Gasteiger partial charge < -0.3 is 9.84 Å². The van der Waals surface area contributed by atoms with Crippen molar-refractivity contribution in [3.05, 3.63) is 59.7 Å². The molecule has 2 aliphatic rings. The number of hydrogen-bond acceptors (Lipinski definition) is 4. The van der Waals surface area contributed by atoms with Gasteiger partial charge in [0, 0.05) is 5.92 Å². The lowest BCUT2D eigenvalue weighted by Gasteiger charge is -2.39. The number of carbonyl (C=O) groups excluding carboxylic acids is 1. The molecule has 6 heteroatoms. The monoisotopic (exact) mass is 423 g/mol. The van der Waals surface area contributed by atoms with Crippen LogP contribution in [0.25, 0.3) is 11.1 Å². The van der Waals surface area contributed by atoms with Crippen LogP contribution < -0.4 is 0 Å². The van der Waals surface area contributed by atoms with Gasteiger partial charge in [-0.15, -0.1) is 0 Å². The van der Waals surface area contributed by atoms with Gasteiger partial charge in [-0.05, 0) is 55.9 Å².